The third-order valence-corrected chi connectivity index (χ3v) is 7.31. The lowest BCUT2D eigenvalue weighted by atomic mass is 9.85. The molecule has 2 aromatic heterocycles. The van der Waals surface area contributed by atoms with E-state index in [0.717, 1.165) is 11.1 Å². The van der Waals surface area contributed by atoms with E-state index >= 15 is 0 Å². The Balaban J connectivity index is 0.000000168. The second-order valence-corrected chi connectivity index (χ2v) is 10.9. The van der Waals surface area contributed by atoms with Crippen molar-refractivity contribution < 1.29 is 29.5 Å². The number of nitrogens with zero attached hydrogens (tertiary/aromatic N) is 6. The fourth-order valence-electron chi connectivity index (χ4n) is 5.64. The van der Waals surface area contributed by atoms with Crippen LogP contribution in [0.3, 0.4) is 0 Å². The van der Waals surface area contributed by atoms with E-state index < -0.39 is 11.2 Å². The molecule has 0 bridgehead atoms. The summed E-state index contributed by atoms with van der Waals surface area (Å²) in [5.74, 6) is -0.659. The monoisotopic (exact) mass is 570 g/mol. The summed E-state index contributed by atoms with van der Waals surface area (Å²) in [7, 11) is 0. The van der Waals surface area contributed by atoms with Crippen LogP contribution in [0, 0.1) is 0 Å². The molecule has 12 heteroatoms. The average Bonchev–Trinajstić information content (AvgIpc) is 3.58. The van der Waals surface area contributed by atoms with Gasteiger partial charge in [-0.3, -0.25) is 0 Å². The first-order valence-corrected chi connectivity index (χ1v) is 13.1. The quantitative estimate of drug-likeness (QED) is 0.158. The van der Waals surface area contributed by atoms with E-state index in [0.29, 0.717) is 22.5 Å². The second-order valence-electron chi connectivity index (χ2n) is 10.9. The van der Waals surface area contributed by atoms with Gasteiger partial charge in [-0.05, 0) is 51.0 Å². The molecule has 0 saturated carbocycles. The van der Waals surface area contributed by atoms with Gasteiger partial charge >= 0.3 is 11.9 Å². The van der Waals surface area contributed by atoms with Crippen molar-refractivity contribution in [1.82, 2.24) is 19.1 Å². The van der Waals surface area contributed by atoms with Gasteiger partial charge in [0.05, 0.1) is 60.0 Å². The summed E-state index contributed by atoms with van der Waals surface area (Å²) in [5, 5.41) is 23.7. The van der Waals surface area contributed by atoms with Crippen molar-refractivity contribution in [3.8, 4) is 0 Å². The van der Waals surface area contributed by atoms with Crippen LogP contribution in [-0.4, -0.2) is 65.1 Å². The molecule has 2 aromatic carbocycles. The molecule has 4 aromatic rings. The highest BCUT2D eigenvalue weighted by atomic mass is 16.6. The first-order chi connectivity index (χ1) is 20.1. The van der Waals surface area contributed by atoms with Crippen LogP contribution in [0.2, 0.25) is 0 Å². The molecule has 2 atom stereocenters. The predicted octanol–water partition coefficient (Wildman–Crippen LogP) is 4.46. The van der Waals surface area contributed by atoms with Crippen molar-refractivity contribution >= 4 is 24.4 Å². The molecule has 0 fully saturated rings. The number of imidazole rings is 2. The summed E-state index contributed by atoms with van der Waals surface area (Å²) in [4.78, 5) is 32.4. The predicted molar refractivity (Wildman–Crippen MR) is 151 cm³/mol. The number of carbonyl (C=O) groups is 2. The maximum atomic E-state index is 12.1. The van der Waals surface area contributed by atoms with Crippen LogP contribution in [-0.2, 0) is 9.47 Å². The molecule has 2 unspecified atom stereocenters. The summed E-state index contributed by atoms with van der Waals surface area (Å²) < 4.78 is 14.8. The van der Waals surface area contributed by atoms with Gasteiger partial charge in [-0.15, -0.1) is 0 Å². The Hall–Kier alpha value is -5.26. The Morgan fingerprint density at radius 1 is 0.714 bits per heavy atom. The van der Waals surface area contributed by atoms with Gasteiger partial charge in [0.25, 0.3) is 0 Å². The molecule has 2 N–H and O–H groups in total. The van der Waals surface area contributed by atoms with Gasteiger partial charge in [0.2, 0.25) is 0 Å². The third-order valence-electron chi connectivity index (χ3n) is 7.31. The molecule has 42 heavy (non-hydrogen) atoms. The van der Waals surface area contributed by atoms with Crippen LogP contribution in [0.15, 0.2) is 83.9 Å². The van der Waals surface area contributed by atoms with E-state index in [1.807, 2.05) is 61.1 Å². The van der Waals surface area contributed by atoms with Crippen molar-refractivity contribution in [2.75, 3.05) is 0 Å². The van der Waals surface area contributed by atoms with Crippen LogP contribution >= 0.6 is 0 Å². The molecule has 12 nitrogen and oxygen atoms in total. The highest BCUT2D eigenvalue weighted by Gasteiger charge is 2.44. The minimum Gasteiger partial charge on any atom is -0.453 e. The van der Waals surface area contributed by atoms with Gasteiger partial charge in [0.15, 0.2) is 0 Å². The Bertz CT molecular complexity index is 1560. The number of esters is 2. The zero-order chi connectivity index (χ0) is 30.1. The zero-order valence-electron chi connectivity index (χ0n) is 23.4. The number of aromatic nitrogens is 4. The minimum atomic E-state index is -0.746. The molecule has 0 aliphatic carbocycles. The van der Waals surface area contributed by atoms with E-state index in [-0.39, 0.29) is 24.0 Å². The van der Waals surface area contributed by atoms with E-state index in [4.69, 9.17) is 19.9 Å². The number of benzene rings is 2. The molecule has 0 amide bonds. The Kier molecular flexibility index (Phi) is 7.38. The van der Waals surface area contributed by atoms with E-state index in [9.17, 15) is 9.59 Å². The normalized spacial score (nSPS) is 20.3. The maximum Gasteiger partial charge on any atom is 0.339 e. The first kappa shape index (κ1) is 28.3. The van der Waals surface area contributed by atoms with Gasteiger partial charge in [-0.2, -0.15) is 0 Å². The fraction of sp³-hybridized carbons (Fsp3) is 0.267. The molecule has 2 aliphatic rings. The van der Waals surface area contributed by atoms with Crippen molar-refractivity contribution in [2.24, 2.45) is 10.3 Å². The van der Waals surface area contributed by atoms with E-state index in [2.05, 4.69) is 20.3 Å². The van der Waals surface area contributed by atoms with Gasteiger partial charge in [0, 0.05) is 0 Å². The number of hydrogen-bond donors (Lipinski definition) is 2. The van der Waals surface area contributed by atoms with Crippen LogP contribution in [0.25, 0.3) is 0 Å². The van der Waals surface area contributed by atoms with Crippen molar-refractivity contribution in [3.05, 3.63) is 107 Å². The molecule has 0 saturated heterocycles. The molecular formula is C30H30N6O6. The highest BCUT2D eigenvalue weighted by Crippen LogP contribution is 2.41. The summed E-state index contributed by atoms with van der Waals surface area (Å²) in [6.45, 7) is 7.41. The SMILES string of the molecule is CC1(C)OC(=O)c2ccccc2C1n1cncc1/C=N/O.CC1(C)OC(=O)c2ccccc2C1n1cncc1/C=N\O. The topological polar surface area (TPSA) is 153 Å². The number of hydrogen-bond acceptors (Lipinski definition) is 10. The molecule has 0 radical (unpaired) electrons. The summed E-state index contributed by atoms with van der Waals surface area (Å²) >= 11 is 0. The van der Waals surface area contributed by atoms with Crippen LogP contribution in [0.5, 0.6) is 0 Å². The van der Waals surface area contributed by atoms with Crippen LogP contribution in [0.4, 0.5) is 0 Å². The lowest BCUT2D eigenvalue weighted by molar-refractivity contribution is -0.0271. The largest absolute Gasteiger partial charge is 0.453 e. The van der Waals surface area contributed by atoms with Gasteiger partial charge in [-0.25, -0.2) is 19.6 Å². The van der Waals surface area contributed by atoms with Gasteiger partial charge in [-0.1, -0.05) is 46.7 Å². The molecule has 0 spiro atoms. The lowest BCUT2D eigenvalue weighted by Gasteiger charge is -2.40. The minimum absolute atomic E-state index is 0.248. The van der Waals surface area contributed by atoms with Crippen molar-refractivity contribution in [3.63, 3.8) is 0 Å². The first-order valence-electron chi connectivity index (χ1n) is 13.1. The standard InChI is InChI=1S/2C15H15N3O3/c2*1-15(2)13(18-9-16-7-10(18)8-17-20)11-5-3-4-6-12(11)14(19)21-15/h2*3-9,13,20H,1-2H3/b17-8+;17-8-. The number of ether oxygens (including phenoxy) is 2. The molecule has 6 rings (SSSR count). The van der Waals surface area contributed by atoms with E-state index in [1.165, 1.54) is 12.4 Å². The van der Waals surface area contributed by atoms with Crippen molar-refractivity contribution in [2.45, 2.75) is 51.0 Å². The Morgan fingerprint density at radius 2 is 1.10 bits per heavy atom. The smallest absolute Gasteiger partial charge is 0.339 e. The Labute approximate surface area is 241 Å². The third kappa shape index (κ3) is 5.02. The zero-order valence-corrected chi connectivity index (χ0v) is 23.4. The lowest BCUT2D eigenvalue weighted by Crippen LogP contribution is -2.43. The Morgan fingerprint density at radius 3 is 1.48 bits per heavy atom. The number of rotatable bonds is 4. The molecule has 4 heterocycles. The number of carbonyl (C=O) groups excluding carboxylic acids is 2. The molecular weight excluding hydrogens is 540 g/mol. The van der Waals surface area contributed by atoms with Crippen molar-refractivity contribution in [1.29, 1.82) is 0 Å². The second kappa shape index (κ2) is 11.0. The van der Waals surface area contributed by atoms with Crippen LogP contribution in [0.1, 0.15) is 83.0 Å². The molecule has 2 aliphatic heterocycles. The molecule has 216 valence electrons. The van der Waals surface area contributed by atoms with Gasteiger partial charge < -0.3 is 29.0 Å². The van der Waals surface area contributed by atoms with Crippen LogP contribution < -0.4 is 0 Å². The highest BCUT2D eigenvalue weighted by molar-refractivity contribution is 5.93. The summed E-state index contributed by atoms with van der Waals surface area (Å²) in [6.07, 6.45) is 9.08. The summed E-state index contributed by atoms with van der Waals surface area (Å²) in [6, 6.07) is 14.2. The number of oxime groups is 2. The average molecular weight is 571 g/mol. The fourth-order valence-corrected chi connectivity index (χ4v) is 5.64. The van der Waals surface area contributed by atoms with Gasteiger partial charge in [0.1, 0.15) is 23.3 Å². The summed E-state index contributed by atoms with van der Waals surface area (Å²) in [5.41, 5.74) is 2.58. The maximum absolute atomic E-state index is 12.1. The van der Waals surface area contributed by atoms with E-state index in [1.54, 1.807) is 49.3 Å². The number of fused-ring (bicyclic) bond motifs is 2. The number of cyclic esters (lactones) is 2.